The average molecular weight is 202 g/mol. The number of hydrogen-bond donors (Lipinski definition) is 0. The summed E-state index contributed by atoms with van der Waals surface area (Å²) in [5.74, 6) is 0.116. The maximum absolute atomic E-state index is 11.7. The van der Waals surface area contributed by atoms with Crippen LogP contribution < -0.4 is 4.90 Å². The van der Waals surface area contributed by atoms with E-state index in [9.17, 15) is 4.79 Å². The van der Waals surface area contributed by atoms with Gasteiger partial charge in [0, 0.05) is 30.2 Å². The Bertz CT molecular complexity index is 479. The zero-order valence-corrected chi connectivity index (χ0v) is 9.08. The Morgan fingerprint density at radius 3 is 2.87 bits per heavy atom. The molecule has 1 atom stereocenters. The molecule has 0 bridgehead atoms. The summed E-state index contributed by atoms with van der Waals surface area (Å²) in [6, 6.07) is 5.84. The standard InChI is InChI=1S/C13H15NO/c1-9(15)10-4-3-5-11-12(10)13(6-7-13)8-14(11)2/h3-5H,6-8H2,1-2H3/i8D. The predicted octanol–water partition coefficient (Wildman–Crippen LogP) is 2.37. The van der Waals surface area contributed by atoms with Crippen LogP contribution in [0.3, 0.4) is 0 Å². The Morgan fingerprint density at radius 2 is 2.27 bits per heavy atom. The van der Waals surface area contributed by atoms with Crippen LogP contribution in [0.15, 0.2) is 18.2 Å². The quantitative estimate of drug-likeness (QED) is 0.652. The number of carbonyl (C=O) groups is 1. The van der Waals surface area contributed by atoms with Gasteiger partial charge in [0.05, 0.1) is 1.37 Å². The van der Waals surface area contributed by atoms with Crippen LogP contribution in [-0.2, 0) is 5.41 Å². The lowest BCUT2D eigenvalue weighted by atomic mass is 9.91. The molecule has 2 aliphatic rings. The van der Waals surface area contributed by atoms with Gasteiger partial charge < -0.3 is 4.90 Å². The van der Waals surface area contributed by atoms with Crippen molar-refractivity contribution in [1.82, 2.24) is 0 Å². The fraction of sp³-hybridized carbons (Fsp3) is 0.462. The first-order valence-electron chi connectivity index (χ1n) is 5.95. The van der Waals surface area contributed by atoms with Crippen molar-refractivity contribution < 1.29 is 6.17 Å². The Morgan fingerprint density at radius 1 is 1.53 bits per heavy atom. The molecule has 1 aliphatic carbocycles. The second-order valence-corrected chi connectivity index (χ2v) is 4.65. The summed E-state index contributed by atoms with van der Waals surface area (Å²) in [7, 11) is 1.95. The second kappa shape index (κ2) is 2.63. The van der Waals surface area contributed by atoms with Crippen LogP contribution >= 0.6 is 0 Å². The van der Waals surface area contributed by atoms with Crippen LogP contribution in [0.5, 0.6) is 0 Å². The van der Waals surface area contributed by atoms with Crippen molar-refractivity contribution >= 4 is 11.5 Å². The van der Waals surface area contributed by atoms with E-state index in [1.807, 2.05) is 30.1 Å². The molecule has 1 aromatic carbocycles. The number of rotatable bonds is 1. The minimum absolute atomic E-state index is 0.0493. The van der Waals surface area contributed by atoms with Gasteiger partial charge in [-0.25, -0.2) is 0 Å². The minimum atomic E-state index is -0.219. The van der Waals surface area contributed by atoms with Crippen LogP contribution in [0.2, 0.25) is 0 Å². The maximum Gasteiger partial charge on any atom is 0.160 e. The molecular formula is C13H15NO. The number of fused-ring (bicyclic) bond motifs is 2. The molecule has 15 heavy (non-hydrogen) atoms. The predicted molar refractivity (Wildman–Crippen MR) is 60.6 cm³/mol. The molecule has 1 aromatic rings. The van der Waals surface area contributed by atoms with Crippen molar-refractivity contribution in [3.63, 3.8) is 0 Å². The Kier molecular flexibility index (Phi) is 1.39. The van der Waals surface area contributed by atoms with Gasteiger partial charge in [0.1, 0.15) is 0 Å². The Hall–Kier alpha value is -1.31. The molecule has 2 nitrogen and oxygen atoms in total. The van der Waals surface area contributed by atoms with Gasteiger partial charge >= 0.3 is 0 Å². The Balaban J connectivity index is 2.27. The van der Waals surface area contributed by atoms with E-state index in [-0.39, 0.29) is 17.7 Å². The Labute approximate surface area is 91.3 Å². The molecule has 78 valence electrons. The van der Waals surface area contributed by atoms with E-state index in [0.29, 0.717) is 0 Å². The van der Waals surface area contributed by atoms with Crippen LogP contribution in [0.25, 0.3) is 0 Å². The summed E-state index contributed by atoms with van der Waals surface area (Å²) >= 11 is 0. The molecule has 3 rings (SSSR count). The van der Waals surface area contributed by atoms with Gasteiger partial charge in [-0.1, -0.05) is 12.1 Å². The topological polar surface area (TPSA) is 20.3 Å². The molecule has 1 aliphatic heterocycles. The van der Waals surface area contributed by atoms with Crippen LogP contribution in [0.4, 0.5) is 5.69 Å². The number of Topliss-reactive ketones (excluding diaryl/α,β-unsaturated/α-hetero) is 1. The fourth-order valence-corrected chi connectivity index (χ4v) is 2.67. The largest absolute Gasteiger partial charge is 0.373 e. The average Bonchev–Trinajstić information content (AvgIpc) is 3.03. The van der Waals surface area contributed by atoms with Gasteiger partial charge in [-0.2, -0.15) is 0 Å². The highest BCUT2D eigenvalue weighted by Crippen LogP contribution is 2.57. The van der Waals surface area contributed by atoms with Gasteiger partial charge in [0.2, 0.25) is 0 Å². The van der Waals surface area contributed by atoms with Gasteiger partial charge in [-0.3, -0.25) is 4.79 Å². The molecule has 0 N–H and O–H groups in total. The van der Waals surface area contributed by atoms with Crippen molar-refractivity contribution in [2.75, 3.05) is 18.5 Å². The zero-order chi connectivity index (χ0) is 11.5. The molecule has 1 heterocycles. The second-order valence-electron chi connectivity index (χ2n) is 4.65. The molecule has 2 heteroatoms. The molecule has 1 unspecified atom stereocenters. The summed E-state index contributed by atoms with van der Waals surface area (Å²) in [6.07, 6.45) is 2.09. The minimum Gasteiger partial charge on any atom is -0.373 e. The number of ketones is 1. The first kappa shape index (κ1) is 7.91. The van der Waals surface area contributed by atoms with E-state index in [1.54, 1.807) is 6.92 Å². The first-order valence-corrected chi connectivity index (χ1v) is 5.37. The van der Waals surface area contributed by atoms with E-state index in [0.717, 1.165) is 29.7 Å². The lowest BCUT2D eigenvalue weighted by Crippen LogP contribution is -2.19. The highest BCUT2D eigenvalue weighted by molar-refractivity contribution is 5.98. The third kappa shape index (κ3) is 1.08. The summed E-state index contributed by atoms with van der Waals surface area (Å²) < 4.78 is 8.24. The third-order valence-corrected chi connectivity index (χ3v) is 3.53. The van der Waals surface area contributed by atoms with Crippen molar-refractivity contribution in [1.29, 1.82) is 0 Å². The van der Waals surface area contributed by atoms with Crippen LogP contribution in [0.1, 0.15) is 37.1 Å². The molecule has 1 fully saturated rings. The number of hydrogen-bond acceptors (Lipinski definition) is 2. The monoisotopic (exact) mass is 202 g/mol. The summed E-state index contributed by atoms with van der Waals surface area (Å²) in [6.45, 7) is 1.39. The fourth-order valence-electron chi connectivity index (χ4n) is 2.67. The maximum atomic E-state index is 11.7. The van der Waals surface area contributed by atoms with E-state index >= 15 is 0 Å². The number of benzene rings is 1. The highest BCUT2D eigenvalue weighted by atomic mass is 16.1. The number of anilines is 1. The van der Waals surface area contributed by atoms with Crippen molar-refractivity contribution in [3.8, 4) is 0 Å². The molecule has 0 radical (unpaired) electrons. The van der Waals surface area contributed by atoms with E-state index in [2.05, 4.69) is 0 Å². The first-order chi connectivity index (χ1) is 7.58. The summed E-state index contributed by atoms with van der Waals surface area (Å²) in [5.41, 5.74) is 2.97. The van der Waals surface area contributed by atoms with Gasteiger partial charge in [-0.15, -0.1) is 0 Å². The van der Waals surface area contributed by atoms with Crippen molar-refractivity contribution in [2.45, 2.75) is 25.2 Å². The van der Waals surface area contributed by atoms with Gasteiger partial charge in [0.15, 0.2) is 5.78 Å². The lowest BCUT2D eigenvalue weighted by Gasteiger charge is -2.11. The SMILES string of the molecule is [2H]C1N(C)c2cccc(C(C)=O)c2C12CC2. The van der Waals surface area contributed by atoms with Crippen LogP contribution in [-0.4, -0.2) is 19.4 Å². The van der Waals surface area contributed by atoms with Crippen molar-refractivity contribution in [2.24, 2.45) is 0 Å². The molecule has 0 aromatic heterocycles. The molecule has 1 spiro atoms. The number of carbonyl (C=O) groups excluding carboxylic acids is 1. The van der Waals surface area contributed by atoms with Crippen molar-refractivity contribution in [3.05, 3.63) is 29.3 Å². The normalized spacial score (nSPS) is 26.4. The summed E-state index contributed by atoms with van der Waals surface area (Å²) in [4.78, 5) is 13.6. The van der Waals surface area contributed by atoms with E-state index in [1.165, 1.54) is 0 Å². The van der Waals surface area contributed by atoms with E-state index in [4.69, 9.17) is 1.37 Å². The van der Waals surface area contributed by atoms with Crippen LogP contribution in [0, 0.1) is 0 Å². The smallest absolute Gasteiger partial charge is 0.160 e. The van der Waals surface area contributed by atoms with Gasteiger partial charge in [-0.05, 0) is 31.4 Å². The lowest BCUT2D eigenvalue weighted by molar-refractivity contribution is 0.101. The molecule has 0 amide bonds. The highest BCUT2D eigenvalue weighted by Gasteiger charge is 2.52. The number of nitrogens with zero attached hydrogens (tertiary/aromatic N) is 1. The zero-order valence-electron chi connectivity index (χ0n) is 10.1. The molecule has 0 saturated heterocycles. The van der Waals surface area contributed by atoms with Gasteiger partial charge in [0.25, 0.3) is 0 Å². The number of likely N-dealkylation sites (N-methyl/N-ethyl adjacent to an activating group) is 1. The summed E-state index contributed by atoms with van der Waals surface area (Å²) in [5, 5.41) is 0. The molecule has 1 saturated carbocycles. The molecular weight excluding hydrogens is 186 g/mol. The van der Waals surface area contributed by atoms with E-state index < -0.39 is 0 Å². The third-order valence-electron chi connectivity index (χ3n) is 3.53.